The van der Waals surface area contributed by atoms with Crippen LogP contribution in [-0.4, -0.2) is 67.6 Å². The molecule has 1 saturated carbocycles. The van der Waals surface area contributed by atoms with Crippen molar-refractivity contribution in [2.24, 2.45) is 10.9 Å². The van der Waals surface area contributed by atoms with Gasteiger partial charge in [0.15, 0.2) is 5.96 Å². The van der Waals surface area contributed by atoms with Crippen LogP contribution >= 0.6 is 24.0 Å². The lowest BCUT2D eigenvalue weighted by molar-refractivity contribution is -0.119. The lowest BCUT2D eigenvalue weighted by Gasteiger charge is -2.35. The Morgan fingerprint density at radius 2 is 1.81 bits per heavy atom. The van der Waals surface area contributed by atoms with Gasteiger partial charge in [0, 0.05) is 51.4 Å². The SMILES string of the molecule is CCOC(=O)N1CCN(C(=NC)NCc2cccc(NC(=O)C3CCCC3)c2)CC1.I. The number of guanidine groups is 1. The summed E-state index contributed by atoms with van der Waals surface area (Å²) in [7, 11) is 1.76. The normalized spacial score (nSPS) is 17.2. The maximum absolute atomic E-state index is 12.4. The minimum absolute atomic E-state index is 0. The highest BCUT2D eigenvalue weighted by Crippen LogP contribution is 2.26. The second-order valence-electron chi connectivity index (χ2n) is 7.74. The summed E-state index contributed by atoms with van der Waals surface area (Å²) in [6, 6.07) is 7.93. The first-order valence-electron chi connectivity index (χ1n) is 10.9. The molecule has 0 unspecified atom stereocenters. The molecule has 0 aromatic heterocycles. The number of rotatable bonds is 5. The summed E-state index contributed by atoms with van der Waals surface area (Å²) in [5.74, 6) is 1.09. The summed E-state index contributed by atoms with van der Waals surface area (Å²) in [4.78, 5) is 32.5. The highest BCUT2D eigenvalue weighted by atomic mass is 127. The third-order valence-electron chi connectivity index (χ3n) is 5.69. The molecule has 2 amide bonds. The van der Waals surface area contributed by atoms with Crippen LogP contribution in [0.1, 0.15) is 38.2 Å². The standard InChI is InChI=1S/C22H33N5O3.HI/c1-3-30-22(29)27-13-11-26(12-14-27)21(23-2)24-16-17-7-6-10-19(15-17)25-20(28)18-8-4-5-9-18;/h6-7,10,15,18H,3-5,8-9,11-14,16H2,1-2H3,(H,23,24)(H,25,28);1H. The molecule has 31 heavy (non-hydrogen) atoms. The van der Waals surface area contributed by atoms with Gasteiger partial charge in [0.05, 0.1) is 6.61 Å². The van der Waals surface area contributed by atoms with Crippen LogP contribution in [-0.2, 0) is 16.1 Å². The summed E-state index contributed by atoms with van der Waals surface area (Å²) in [6.45, 7) is 5.45. The third-order valence-corrected chi connectivity index (χ3v) is 5.69. The largest absolute Gasteiger partial charge is 0.450 e. The van der Waals surface area contributed by atoms with Gasteiger partial charge in [-0.2, -0.15) is 0 Å². The smallest absolute Gasteiger partial charge is 0.409 e. The van der Waals surface area contributed by atoms with Gasteiger partial charge in [-0.15, -0.1) is 24.0 Å². The van der Waals surface area contributed by atoms with E-state index in [2.05, 4.69) is 20.5 Å². The van der Waals surface area contributed by atoms with E-state index < -0.39 is 0 Å². The van der Waals surface area contributed by atoms with Crippen LogP contribution in [0.25, 0.3) is 0 Å². The molecule has 1 aromatic carbocycles. The van der Waals surface area contributed by atoms with Crippen LogP contribution < -0.4 is 10.6 Å². The zero-order valence-electron chi connectivity index (χ0n) is 18.4. The van der Waals surface area contributed by atoms with Crippen molar-refractivity contribution in [2.45, 2.75) is 39.2 Å². The number of hydrogen-bond donors (Lipinski definition) is 2. The highest BCUT2D eigenvalue weighted by molar-refractivity contribution is 14.0. The molecule has 9 heteroatoms. The molecule has 1 aromatic rings. The summed E-state index contributed by atoms with van der Waals surface area (Å²) in [5.41, 5.74) is 1.91. The molecule has 172 valence electrons. The first kappa shape index (κ1) is 25.2. The number of piperazine rings is 1. The van der Waals surface area contributed by atoms with Crippen molar-refractivity contribution < 1.29 is 14.3 Å². The highest BCUT2D eigenvalue weighted by Gasteiger charge is 2.24. The van der Waals surface area contributed by atoms with Crippen LogP contribution in [0.3, 0.4) is 0 Å². The Balaban J connectivity index is 0.00000341. The molecule has 2 aliphatic rings. The second-order valence-corrected chi connectivity index (χ2v) is 7.74. The first-order valence-corrected chi connectivity index (χ1v) is 10.9. The monoisotopic (exact) mass is 543 g/mol. The van der Waals surface area contributed by atoms with Gasteiger partial charge in [-0.3, -0.25) is 9.79 Å². The lowest BCUT2D eigenvalue weighted by atomic mass is 10.1. The zero-order chi connectivity index (χ0) is 21.3. The van der Waals surface area contributed by atoms with E-state index in [1.54, 1.807) is 11.9 Å². The Bertz CT molecular complexity index is 759. The van der Waals surface area contributed by atoms with Gasteiger partial charge < -0.3 is 25.2 Å². The molecule has 0 atom stereocenters. The Labute approximate surface area is 201 Å². The number of hydrogen-bond acceptors (Lipinski definition) is 4. The van der Waals surface area contributed by atoms with E-state index in [4.69, 9.17) is 4.74 Å². The van der Waals surface area contributed by atoms with Crippen LogP contribution in [0.15, 0.2) is 29.3 Å². The number of benzene rings is 1. The fourth-order valence-corrected chi connectivity index (χ4v) is 4.02. The van der Waals surface area contributed by atoms with Gasteiger partial charge in [-0.25, -0.2) is 4.79 Å². The fraction of sp³-hybridized carbons (Fsp3) is 0.591. The summed E-state index contributed by atoms with van der Waals surface area (Å²) < 4.78 is 5.07. The van der Waals surface area contributed by atoms with E-state index in [-0.39, 0.29) is 41.9 Å². The van der Waals surface area contributed by atoms with Gasteiger partial charge in [-0.1, -0.05) is 25.0 Å². The quantitative estimate of drug-likeness (QED) is 0.338. The molecule has 2 N–H and O–H groups in total. The molecule has 1 heterocycles. The van der Waals surface area contributed by atoms with Crippen molar-refractivity contribution in [2.75, 3.05) is 45.2 Å². The number of nitrogens with one attached hydrogen (secondary N) is 2. The Morgan fingerprint density at radius 3 is 2.45 bits per heavy atom. The van der Waals surface area contributed by atoms with Crippen LogP contribution in [0.4, 0.5) is 10.5 Å². The Morgan fingerprint density at radius 1 is 1.13 bits per heavy atom. The van der Waals surface area contributed by atoms with Gasteiger partial charge in [-0.05, 0) is 37.5 Å². The second kappa shape index (κ2) is 12.7. The van der Waals surface area contributed by atoms with Gasteiger partial charge in [0.1, 0.15) is 0 Å². The third kappa shape index (κ3) is 7.26. The molecular formula is C22H34IN5O3. The number of aliphatic imine (C=N–C) groups is 1. The molecule has 1 aliphatic heterocycles. The van der Waals surface area contributed by atoms with E-state index in [0.717, 1.165) is 42.9 Å². The molecule has 8 nitrogen and oxygen atoms in total. The van der Waals surface area contributed by atoms with Gasteiger partial charge >= 0.3 is 6.09 Å². The molecule has 0 spiro atoms. The molecule has 2 fully saturated rings. The molecule has 3 rings (SSSR count). The topological polar surface area (TPSA) is 86.3 Å². The lowest BCUT2D eigenvalue weighted by Crippen LogP contribution is -2.53. The minimum atomic E-state index is -0.253. The van der Waals surface area contributed by atoms with E-state index in [9.17, 15) is 9.59 Å². The zero-order valence-corrected chi connectivity index (χ0v) is 20.8. The van der Waals surface area contributed by atoms with Gasteiger partial charge in [0.25, 0.3) is 0 Å². The summed E-state index contributed by atoms with van der Waals surface area (Å²) in [6.07, 6.45) is 4.03. The minimum Gasteiger partial charge on any atom is -0.450 e. The van der Waals surface area contributed by atoms with Crippen molar-refractivity contribution in [3.05, 3.63) is 29.8 Å². The van der Waals surface area contributed by atoms with E-state index in [0.29, 0.717) is 39.3 Å². The number of anilines is 1. The molecule has 0 radical (unpaired) electrons. The van der Waals surface area contributed by atoms with Gasteiger partial charge in [0.2, 0.25) is 5.91 Å². The predicted molar refractivity (Wildman–Crippen MR) is 133 cm³/mol. The average molecular weight is 543 g/mol. The molecular weight excluding hydrogens is 509 g/mol. The van der Waals surface area contributed by atoms with Crippen LogP contribution in [0.2, 0.25) is 0 Å². The van der Waals surface area contributed by atoms with Crippen molar-refractivity contribution in [1.29, 1.82) is 0 Å². The van der Waals surface area contributed by atoms with Crippen molar-refractivity contribution >= 4 is 47.6 Å². The molecule has 1 saturated heterocycles. The molecule has 0 bridgehead atoms. The summed E-state index contributed by atoms with van der Waals surface area (Å²) in [5, 5.41) is 6.45. The number of amides is 2. The fourth-order valence-electron chi connectivity index (χ4n) is 4.02. The maximum atomic E-state index is 12.4. The Kier molecular flexibility index (Phi) is 10.4. The molecule has 1 aliphatic carbocycles. The van der Waals surface area contributed by atoms with Crippen molar-refractivity contribution in [1.82, 2.24) is 15.1 Å². The predicted octanol–water partition coefficient (Wildman–Crippen LogP) is 3.28. The van der Waals surface area contributed by atoms with Crippen LogP contribution in [0.5, 0.6) is 0 Å². The van der Waals surface area contributed by atoms with Crippen molar-refractivity contribution in [3.8, 4) is 0 Å². The van der Waals surface area contributed by atoms with E-state index in [1.165, 1.54) is 0 Å². The number of carbonyl (C=O) groups is 2. The van der Waals surface area contributed by atoms with Crippen LogP contribution in [0, 0.1) is 5.92 Å². The maximum Gasteiger partial charge on any atom is 0.409 e. The number of carbonyl (C=O) groups excluding carboxylic acids is 2. The number of halogens is 1. The van der Waals surface area contributed by atoms with Crippen molar-refractivity contribution in [3.63, 3.8) is 0 Å². The Hall–Kier alpha value is -2.04. The first-order chi connectivity index (χ1) is 14.6. The summed E-state index contributed by atoms with van der Waals surface area (Å²) >= 11 is 0. The van der Waals surface area contributed by atoms with E-state index in [1.807, 2.05) is 31.2 Å². The number of ether oxygens (including phenoxy) is 1. The number of nitrogens with zero attached hydrogens (tertiary/aromatic N) is 3. The van der Waals surface area contributed by atoms with E-state index >= 15 is 0 Å². The average Bonchev–Trinajstić information content (AvgIpc) is 3.30.